The van der Waals surface area contributed by atoms with E-state index in [1.54, 1.807) is 38.1 Å². The molecule has 0 spiro atoms. The van der Waals surface area contributed by atoms with Crippen molar-refractivity contribution in [1.82, 2.24) is 5.32 Å². The first-order valence-corrected chi connectivity index (χ1v) is 10.5. The lowest BCUT2D eigenvalue weighted by atomic mass is 10.1. The molecule has 0 bridgehead atoms. The van der Waals surface area contributed by atoms with Gasteiger partial charge in [-0.15, -0.1) is 0 Å². The third-order valence-electron chi connectivity index (χ3n) is 3.91. The Labute approximate surface area is 170 Å². The summed E-state index contributed by atoms with van der Waals surface area (Å²) in [6.45, 7) is 4.22. The largest absolute Gasteiger partial charge is 0.495 e. The standard InChI is InChI=1S/C20H24N2O6S/c1-4-21-20(24)15-8-11-17(27-3)18(13-15)29(25,26)22-16-9-6-14(7-10-16)12-19(23)28-5-2/h6-11,13,22H,4-5,12H2,1-3H3,(H,21,24). The van der Waals surface area contributed by atoms with Crippen LogP contribution in [-0.4, -0.2) is 40.6 Å². The smallest absolute Gasteiger partial charge is 0.310 e. The number of hydrogen-bond acceptors (Lipinski definition) is 6. The molecule has 0 aliphatic carbocycles. The van der Waals surface area contributed by atoms with Crippen molar-refractivity contribution in [1.29, 1.82) is 0 Å². The number of carbonyl (C=O) groups is 2. The van der Waals surface area contributed by atoms with Gasteiger partial charge in [0, 0.05) is 17.8 Å². The molecule has 8 nitrogen and oxygen atoms in total. The molecular weight excluding hydrogens is 396 g/mol. The van der Waals surface area contributed by atoms with Gasteiger partial charge in [0.1, 0.15) is 10.6 Å². The number of rotatable bonds is 9. The van der Waals surface area contributed by atoms with E-state index in [2.05, 4.69) is 10.0 Å². The summed E-state index contributed by atoms with van der Waals surface area (Å²) in [5, 5.41) is 2.63. The van der Waals surface area contributed by atoms with Crippen LogP contribution in [0.3, 0.4) is 0 Å². The van der Waals surface area contributed by atoms with Crippen LogP contribution in [0.4, 0.5) is 5.69 Å². The topological polar surface area (TPSA) is 111 Å². The van der Waals surface area contributed by atoms with Crippen molar-refractivity contribution >= 4 is 27.6 Å². The number of nitrogens with one attached hydrogen (secondary N) is 2. The Morgan fingerprint density at radius 1 is 1.03 bits per heavy atom. The first-order chi connectivity index (χ1) is 13.8. The normalized spacial score (nSPS) is 10.9. The highest BCUT2D eigenvalue weighted by Gasteiger charge is 2.22. The van der Waals surface area contributed by atoms with Crippen molar-refractivity contribution in [2.75, 3.05) is 25.0 Å². The van der Waals surface area contributed by atoms with E-state index in [-0.39, 0.29) is 34.5 Å². The SMILES string of the molecule is CCNC(=O)c1ccc(OC)c(S(=O)(=O)Nc2ccc(CC(=O)OCC)cc2)c1. The lowest BCUT2D eigenvalue weighted by Gasteiger charge is -2.13. The second-order valence-electron chi connectivity index (χ2n) is 6.01. The molecule has 0 aliphatic heterocycles. The Hall–Kier alpha value is -3.07. The van der Waals surface area contributed by atoms with Crippen LogP contribution in [0.5, 0.6) is 5.75 Å². The van der Waals surface area contributed by atoms with Crippen LogP contribution in [0.1, 0.15) is 29.8 Å². The maximum Gasteiger partial charge on any atom is 0.310 e. The van der Waals surface area contributed by atoms with Crippen LogP contribution >= 0.6 is 0 Å². The molecule has 2 N–H and O–H groups in total. The van der Waals surface area contributed by atoms with Crippen molar-refractivity contribution in [3.63, 3.8) is 0 Å². The van der Waals surface area contributed by atoms with Gasteiger partial charge in [0.15, 0.2) is 0 Å². The Balaban J connectivity index is 2.25. The predicted octanol–water partition coefficient (Wildman–Crippen LogP) is 2.35. The van der Waals surface area contributed by atoms with E-state index >= 15 is 0 Å². The molecule has 0 fully saturated rings. The lowest BCUT2D eigenvalue weighted by Crippen LogP contribution is -2.23. The van der Waals surface area contributed by atoms with E-state index in [0.717, 1.165) is 0 Å². The first-order valence-electron chi connectivity index (χ1n) is 9.04. The van der Waals surface area contributed by atoms with E-state index < -0.39 is 10.0 Å². The maximum atomic E-state index is 12.9. The van der Waals surface area contributed by atoms with E-state index in [0.29, 0.717) is 24.4 Å². The van der Waals surface area contributed by atoms with Crippen molar-refractivity contribution < 1.29 is 27.5 Å². The molecule has 2 rings (SSSR count). The number of hydrogen-bond donors (Lipinski definition) is 2. The fraction of sp³-hybridized carbons (Fsp3) is 0.300. The lowest BCUT2D eigenvalue weighted by molar-refractivity contribution is -0.142. The second kappa shape index (κ2) is 9.92. The summed E-state index contributed by atoms with van der Waals surface area (Å²) in [6, 6.07) is 10.6. The summed E-state index contributed by atoms with van der Waals surface area (Å²) >= 11 is 0. The predicted molar refractivity (Wildman–Crippen MR) is 109 cm³/mol. The van der Waals surface area contributed by atoms with Gasteiger partial charge < -0.3 is 14.8 Å². The molecular formula is C20H24N2O6S. The number of ether oxygens (including phenoxy) is 2. The van der Waals surface area contributed by atoms with Crippen molar-refractivity contribution in [2.24, 2.45) is 0 Å². The molecule has 0 atom stereocenters. The van der Waals surface area contributed by atoms with Gasteiger partial charge in [0.25, 0.3) is 15.9 Å². The van der Waals surface area contributed by atoms with Gasteiger partial charge in [-0.1, -0.05) is 12.1 Å². The summed E-state index contributed by atoms with van der Waals surface area (Å²) in [7, 11) is -2.67. The summed E-state index contributed by atoms with van der Waals surface area (Å²) in [5.74, 6) is -0.618. The molecule has 0 radical (unpaired) electrons. The van der Waals surface area contributed by atoms with Gasteiger partial charge in [-0.2, -0.15) is 0 Å². The molecule has 0 aliphatic rings. The van der Waals surface area contributed by atoms with Gasteiger partial charge in [-0.05, 0) is 49.7 Å². The van der Waals surface area contributed by atoms with E-state index in [4.69, 9.17) is 9.47 Å². The molecule has 2 aromatic carbocycles. The number of amides is 1. The molecule has 2 aromatic rings. The van der Waals surface area contributed by atoms with Crippen LogP contribution in [0.15, 0.2) is 47.4 Å². The minimum absolute atomic E-state index is 0.100. The zero-order valence-corrected chi connectivity index (χ0v) is 17.3. The van der Waals surface area contributed by atoms with Crippen LogP contribution in [-0.2, 0) is 26.0 Å². The van der Waals surface area contributed by atoms with E-state index in [1.165, 1.54) is 25.3 Å². The Bertz CT molecular complexity index is 971. The molecule has 0 aromatic heterocycles. The minimum atomic E-state index is -4.02. The number of benzene rings is 2. The van der Waals surface area contributed by atoms with Crippen LogP contribution < -0.4 is 14.8 Å². The quantitative estimate of drug-likeness (QED) is 0.603. The zero-order valence-electron chi connectivity index (χ0n) is 16.5. The van der Waals surface area contributed by atoms with Gasteiger partial charge in [-0.25, -0.2) is 8.42 Å². The van der Waals surface area contributed by atoms with Crippen molar-refractivity contribution in [2.45, 2.75) is 25.2 Å². The fourth-order valence-corrected chi connectivity index (χ4v) is 3.82. The first kappa shape index (κ1) is 22.2. The van der Waals surface area contributed by atoms with Crippen LogP contribution in [0.25, 0.3) is 0 Å². The summed E-state index contributed by atoms with van der Waals surface area (Å²) in [4.78, 5) is 23.4. The number of esters is 1. The molecule has 9 heteroatoms. The number of carbonyl (C=O) groups excluding carboxylic acids is 2. The second-order valence-corrected chi connectivity index (χ2v) is 7.66. The highest BCUT2D eigenvalue weighted by Crippen LogP contribution is 2.27. The Morgan fingerprint density at radius 2 is 1.72 bits per heavy atom. The van der Waals surface area contributed by atoms with Crippen molar-refractivity contribution in [3.8, 4) is 5.75 Å². The molecule has 0 unspecified atom stereocenters. The Morgan fingerprint density at radius 3 is 2.31 bits per heavy atom. The molecule has 1 amide bonds. The number of anilines is 1. The molecule has 29 heavy (non-hydrogen) atoms. The van der Waals surface area contributed by atoms with Gasteiger partial charge in [0.2, 0.25) is 0 Å². The molecule has 156 valence electrons. The van der Waals surface area contributed by atoms with Crippen LogP contribution in [0, 0.1) is 0 Å². The average molecular weight is 420 g/mol. The molecule has 0 heterocycles. The van der Waals surface area contributed by atoms with Gasteiger partial charge >= 0.3 is 5.97 Å². The monoisotopic (exact) mass is 420 g/mol. The van der Waals surface area contributed by atoms with Crippen LogP contribution in [0.2, 0.25) is 0 Å². The van der Waals surface area contributed by atoms with Gasteiger partial charge in [0.05, 0.1) is 20.1 Å². The maximum absolute atomic E-state index is 12.9. The van der Waals surface area contributed by atoms with Gasteiger partial charge in [-0.3, -0.25) is 14.3 Å². The zero-order chi connectivity index (χ0) is 21.4. The fourth-order valence-electron chi connectivity index (χ4n) is 2.57. The summed E-state index contributed by atoms with van der Waals surface area (Å²) in [5.41, 5.74) is 1.21. The summed E-state index contributed by atoms with van der Waals surface area (Å²) in [6.07, 6.45) is 0.100. The van der Waals surface area contributed by atoms with Crippen molar-refractivity contribution in [3.05, 3.63) is 53.6 Å². The summed E-state index contributed by atoms with van der Waals surface area (Å²) < 4.78 is 38.2. The Kier molecular flexibility index (Phi) is 7.60. The molecule has 0 saturated carbocycles. The van der Waals surface area contributed by atoms with E-state index in [9.17, 15) is 18.0 Å². The van der Waals surface area contributed by atoms with E-state index in [1.807, 2.05) is 0 Å². The number of methoxy groups -OCH3 is 1. The molecule has 0 saturated heterocycles. The number of sulfonamides is 1. The average Bonchev–Trinajstić information content (AvgIpc) is 2.69. The minimum Gasteiger partial charge on any atom is -0.495 e. The highest BCUT2D eigenvalue weighted by molar-refractivity contribution is 7.92. The highest BCUT2D eigenvalue weighted by atomic mass is 32.2. The third kappa shape index (κ3) is 5.95. The third-order valence-corrected chi connectivity index (χ3v) is 5.32.